The zero-order chi connectivity index (χ0) is 15.6. The molecule has 0 spiro atoms. The van der Waals surface area contributed by atoms with Crippen LogP contribution >= 0.6 is 0 Å². The monoisotopic (exact) mass is 295 g/mol. The average Bonchev–Trinajstić information content (AvgIpc) is 2.42. The fourth-order valence-corrected chi connectivity index (χ4v) is 1.73. The highest BCUT2D eigenvalue weighted by atomic mass is 16.5. The molecule has 0 N–H and O–H groups in total. The van der Waals surface area contributed by atoms with Gasteiger partial charge in [-0.05, 0) is 16.6 Å². The summed E-state index contributed by atoms with van der Waals surface area (Å²) in [6.07, 6.45) is 0. The van der Waals surface area contributed by atoms with Crippen LogP contribution in [0, 0.1) is 10.8 Å². The van der Waals surface area contributed by atoms with Crippen molar-refractivity contribution in [1.82, 2.24) is 0 Å². The van der Waals surface area contributed by atoms with Gasteiger partial charge in [0, 0.05) is 45.2 Å². The molecule has 0 aromatic heterocycles. The van der Waals surface area contributed by atoms with Crippen molar-refractivity contribution >= 4 is 0 Å². The maximum Gasteiger partial charge on any atom is 0.0547 e. The molecule has 2 aliphatic heterocycles. The van der Waals surface area contributed by atoms with Crippen molar-refractivity contribution < 1.29 is 9.47 Å². The quantitative estimate of drug-likeness (QED) is 0.418. The number of nitrogens with zero attached hydrogens (tertiary/aromatic N) is 9. The summed E-state index contributed by atoms with van der Waals surface area (Å²) in [6.45, 7) is 5.74. The predicted molar refractivity (Wildman–Crippen MR) is 74.2 cm³/mol. The fraction of sp³-hybridized carbons (Fsp3) is 1.00. The van der Waals surface area contributed by atoms with Crippen molar-refractivity contribution in [3.63, 3.8) is 0 Å². The molecule has 0 aliphatic carbocycles. The van der Waals surface area contributed by atoms with Crippen LogP contribution in [-0.2, 0) is 9.47 Å². The van der Waals surface area contributed by atoms with E-state index in [4.69, 9.17) is 26.1 Å². The third kappa shape index (κ3) is 5.39. The molecule has 2 rings (SSSR count). The molecule has 21 heavy (non-hydrogen) atoms. The molecule has 11 nitrogen and oxygen atoms in total. The lowest BCUT2D eigenvalue weighted by Gasteiger charge is -2.39. The third-order valence-electron chi connectivity index (χ3n) is 3.17. The third-order valence-corrected chi connectivity index (χ3v) is 3.17. The molecule has 0 radical (unpaired) electrons. The van der Waals surface area contributed by atoms with E-state index >= 15 is 0 Å². The Bertz CT molecular complexity index is 459. The van der Waals surface area contributed by atoms with Crippen LogP contribution in [0.5, 0.6) is 0 Å². The second-order valence-corrected chi connectivity index (χ2v) is 5.46. The van der Waals surface area contributed by atoms with Crippen molar-refractivity contribution in [3.05, 3.63) is 31.3 Å². The zero-order valence-electron chi connectivity index (χ0n) is 11.8. The summed E-state index contributed by atoms with van der Waals surface area (Å²) in [5.41, 5.74) is 24.0. The minimum Gasteiger partial charge on any atom is -0.380 e. The van der Waals surface area contributed by atoms with Crippen molar-refractivity contribution in [2.24, 2.45) is 26.2 Å². The van der Waals surface area contributed by atoms with Gasteiger partial charge < -0.3 is 9.47 Å². The Morgan fingerprint density at radius 1 is 0.810 bits per heavy atom. The molecule has 0 bridgehead atoms. The molecule has 2 aliphatic rings. The van der Waals surface area contributed by atoms with Gasteiger partial charge in [0.25, 0.3) is 0 Å². The maximum atomic E-state index is 8.09. The first-order chi connectivity index (χ1) is 10.1. The summed E-state index contributed by atoms with van der Waals surface area (Å²) in [5, 5.41) is 10.3. The molecule has 0 amide bonds. The summed E-state index contributed by atoms with van der Waals surface area (Å²) in [6, 6.07) is 0. The Morgan fingerprint density at radius 2 is 1.24 bits per heavy atom. The minimum absolute atomic E-state index is 0.131. The van der Waals surface area contributed by atoms with Crippen LogP contribution in [0.15, 0.2) is 15.3 Å². The molecule has 0 aromatic rings. The lowest BCUT2D eigenvalue weighted by Crippen LogP contribution is -2.47. The van der Waals surface area contributed by atoms with Gasteiger partial charge in [-0.2, -0.15) is 0 Å². The van der Waals surface area contributed by atoms with Gasteiger partial charge >= 0.3 is 0 Å². The second kappa shape index (κ2) is 8.21. The molecule has 0 unspecified atom stereocenters. The Labute approximate surface area is 121 Å². The van der Waals surface area contributed by atoms with Crippen LogP contribution in [0.4, 0.5) is 0 Å². The lowest BCUT2D eigenvalue weighted by molar-refractivity contribution is -0.100. The van der Waals surface area contributed by atoms with Crippen LogP contribution in [-0.4, -0.2) is 46.1 Å². The number of rotatable bonds is 6. The first-order valence-corrected chi connectivity index (χ1v) is 6.28. The Balaban J connectivity index is 0.000000219. The summed E-state index contributed by atoms with van der Waals surface area (Å²) in [4.78, 5) is 7.96. The molecule has 0 aromatic carbocycles. The van der Waals surface area contributed by atoms with Gasteiger partial charge in [0.15, 0.2) is 0 Å². The predicted octanol–water partition coefficient (Wildman–Crippen LogP) is 2.96. The number of hydrogen-bond acceptors (Lipinski definition) is 5. The molecule has 0 atom stereocenters. The summed E-state index contributed by atoms with van der Waals surface area (Å²) >= 11 is 0. The van der Waals surface area contributed by atoms with E-state index in [1.165, 1.54) is 0 Å². The van der Waals surface area contributed by atoms with Crippen LogP contribution in [0.25, 0.3) is 31.3 Å². The highest BCUT2D eigenvalue weighted by Gasteiger charge is 2.37. The van der Waals surface area contributed by atoms with Crippen LogP contribution in [0.3, 0.4) is 0 Å². The second-order valence-electron chi connectivity index (χ2n) is 5.46. The summed E-state index contributed by atoms with van der Waals surface area (Å²) in [5.74, 6) is 0. The Hall–Kier alpha value is -2.15. The Kier molecular flexibility index (Phi) is 6.61. The van der Waals surface area contributed by atoms with Gasteiger partial charge in [-0.15, -0.1) is 0 Å². The van der Waals surface area contributed by atoms with E-state index in [1.807, 2.05) is 6.92 Å². The molecular weight excluding hydrogens is 278 g/mol. The molecular formula is C10H17N9O2. The van der Waals surface area contributed by atoms with Gasteiger partial charge in [-0.25, -0.2) is 0 Å². The van der Waals surface area contributed by atoms with Gasteiger partial charge in [0.05, 0.1) is 26.4 Å². The fourth-order valence-electron chi connectivity index (χ4n) is 1.73. The molecule has 114 valence electrons. The maximum absolute atomic E-state index is 8.09. The van der Waals surface area contributed by atoms with Crippen molar-refractivity contribution in [2.45, 2.75) is 6.92 Å². The number of hydrogen-bond donors (Lipinski definition) is 0. The van der Waals surface area contributed by atoms with Gasteiger partial charge in [-0.1, -0.05) is 22.3 Å². The minimum atomic E-state index is -0.238. The smallest absolute Gasteiger partial charge is 0.0547 e. The number of azide groups is 3. The van der Waals surface area contributed by atoms with E-state index < -0.39 is 0 Å². The van der Waals surface area contributed by atoms with Crippen molar-refractivity contribution in [3.8, 4) is 0 Å². The number of ether oxygens (including phenoxy) is 2. The van der Waals surface area contributed by atoms with Crippen molar-refractivity contribution in [2.75, 3.05) is 46.1 Å². The van der Waals surface area contributed by atoms with E-state index in [1.54, 1.807) is 0 Å². The van der Waals surface area contributed by atoms with Gasteiger partial charge in [0.2, 0.25) is 0 Å². The summed E-state index contributed by atoms with van der Waals surface area (Å²) < 4.78 is 9.92. The van der Waals surface area contributed by atoms with E-state index in [0.29, 0.717) is 32.8 Å². The normalized spacial score (nSPS) is 19.9. The summed E-state index contributed by atoms with van der Waals surface area (Å²) in [7, 11) is 0. The first kappa shape index (κ1) is 16.9. The van der Waals surface area contributed by atoms with E-state index in [-0.39, 0.29) is 10.8 Å². The van der Waals surface area contributed by atoms with Crippen LogP contribution in [0.2, 0.25) is 0 Å². The van der Waals surface area contributed by atoms with Gasteiger partial charge in [-0.3, -0.25) is 0 Å². The van der Waals surface area contributed by atoms with Crippen molar-refractivity contribution in [1.29, 1.82) is 0 Å². The zero-order valence-corrected chi connectivity index (χ0v) is 11.8. The molecule has 11 heteroatoms. The van der Waals surface area contributed by atoms with Crippen LogP contribution < -0.4 is 0 Å². The molecule has 2 fully saturated rings. The average molecular weight is 295 g/mol. The Morgan fingerprint density at radius 3 is 1.52 bits per heavy atom. The standard InChI is InChI=1S/C5H8N6O.C5H9N3O/c6-10-8-1-5(2-9-11-7)3-12-4-5;1-5(2-7-8-6)3-9-4-5/h1-4H2;2-4H2,1H3. The highest BCUT2D eigenvalue weighted by molar-refractivity contribution is 4.89. The van der Waals surface area contributed by atoms with Gasteiger partial charge in [0.1, 0.15) is 0 Å². The topological polar surface area (TPSA) is 165 Å². The molecule has 2 heterocycles. The van der Waals surface area contributed by atoms with E-state index in [9.17, 15) is 0 Å². The molecule has 0 saturated carbocycles. The largest absolute Gasteiger partial charge is 0.380 e. The van der Waals surface area contributed by atoms with E-state index in [0.717, 1.165) is 13.2 Å². The van der Waals surface area contributed by atoms with E-state index in [2.05, 4.69) is 30.1 Å². The SMILES string of the molecule is CC1(CN=[N+]=[N-])COC1.[N-]=[N+]=NCC1(CN=[N+]=[N-])COC1. The molecule has 2 saturated heterocycles. The van der Waals surface area contributed by atoms with Crippen LogP contribution in [0.1, 0.15) is 6.92 Å². The first-order valence-electron chi connectivity index (χ1n) is 6.28. The highest BCUT2D eigenvalue weighted by Crippen LogP contribution is 2.28. The lowest BCUT2D eigenvalue weighted by atomic mass is 9.86.